The molecule has 4 nitrogen and oxygen atoms in total. The van der Waals surface area contributed by atoms with E-state index in [1.165, 1.54) is 64.1 Å². The first kappa shape index (κ1) is 29.7. The number of allylic oxidation sites excluding steroid dienone is 4. The van der Waals surface area contributed by atoms with Crippen LogP contribution in [-0.2, 0) is 12.8 Å². The summed E-state index contributed by atoms with van der Waals surface area (Å²) in [6.45, 7) is 4.83. The maximum atomic E-state index is 5.39. The van der Waals surface area contributed by atoms with Crippen molar-refractivity contribution in [2.45, 2.75) is 51.0 Å². The van der Waals surface area contributed by atoms with Crippen LogP contribution in [-0.4, -0.2) is 29.5 Å². The van der Waals surface area contributed by atoms with Crippen LogP contribution in [0, 0.1) is 17.8 Å². The molecular weight excluding hydrogens is 573 g/mol. The smallest absolute Gasteiger partial charge is 0.0967 e. The van der Waals surface area contributed by atoms with Gasteiger partial charge in [0.2, 0.25) is 0 Å². The van der Waals surface area contributed by atoms with Gasteiger partial charge in [-0.25, -0.2) is 0 Å². The van der Waals surface area contributed by atoms with Crippen molar-refractivity contribution < 1.29 is 0 Å². The van der Waals surface area contributed by atoms with E-state index in [0.717, 1.165) is 48.8 Å². The fourth-order valence-corrected chi connectivity index (χ4v) is 8.15. The number of aliphatic imine (C=N–C) groups is 2. The van der Waals surface area contributed by atoms with Gasteiger partial charge in [-0.15, -0.1) is 6.58 Å². The molecule has 4 aliphatic rings. The fraction of sp³-hybridized carbons (Fsp3) is 0.279. The molecule has 0 bridgehead atoms. The van der Waals surface area contributed by atoms with E-state index < -0.39 is 0 Å². The zero-order valence-corrected chi connectivity index (χ0v) is 27.0. The number of hydrogen-bond acceptors (Lipinski definition) is 4. The molecular formula is C43H42N4. The van der Waals surface area contributed by atoms with Crippen molar-refractivity contribution in [2.24, 2.45) is 27.7 Å². The fourth-order valence-electron chi connectivity index (χ4n) is 8.15. The maximum Gasteiger partial charge on any atom is 0.0967 e. The molecule has 2 aliphatic carbocycles. The van der Waals surface area contributed by atoms with Crippen LogP contribution in [0.4, 0.5) is 5.69 Å². The number of rotatable bonds is 9. The lowest BCUT2D eigenvalue weighted by Gasteiger charge is -2.39. The average molecular weight is 615 g/mol. The molecule has 0 spiro atoms. The summed E-state index contributed by atoms with van der Waals surface area (Å²) in [5.41, 5.74) is 12.5. The third-order valence-electron chi connectivity index (χ3n) is 10.5. The van der Waals surface area contributed by atoms with Crippen molar-refractivity contribution in [3.8, 4) is 11.1 Å². The third kappa shape index (κ3) is 5.87. The van der Waals surface area contributed by atoms with Crippen molar-refractivity contribution in [1.29, 1.82) is 0 Å². The zero-order chi connectivity index (χ0) is 31.6. The van der Waals surface area contributed by atoms with Gasteiger partial charge in [0.15, 0.2) is 0 Å². The normalized spacial score (nSPS) is 22.0. The molecule has 4 atom stereocenters. The Morgan fingerprint density at radius 1 is 0.915 bits per heavy atom. The van der Waals surface area contributed by atoms with E-state index >= 15 is 0 Å². The lowest BCUT2D eigenvalue weighted by Crippen LogP contribution is -2.37. The minimum Gasteiger partial charge on any atom is -0.305 e. The van der Waals surface area contributed by atoms with Crippen LogP contribution >= 0.6 is 0 Å². The number of hydrogen-bond donors (Lipinski definition) is 1. The highest BCUT2D eigenvalue weighted by molar-refractivity contribution is 6.06. The zero-order valence-electron chi connectivity index (χ0n) is 27.0. The van der Waals surface area contributed by atoms with Gasteiger partial charge in [-0.2, -0.15) is 0 Å². The molecule has 3 heterocycles. The van der Waals surface area contributed by atoms with Gasteiger partial charge in [0, 0.05) is 42.2 Å². The highest BCUT2D eigenvalue weighted by atomic mass is 15.0. The van der Waals surface area contributed by atoms with Gasteiger partial charge < -0.3 is 5.32 Å². The van der Waals surface area contributed by atoms with E-state index in [0.29, 0.717) is 17.8 Å². The lowest BCUT2D eigenvalue weighted by atomic mass is 9.68. The van der Waals surface area contributed by atoms with Gasteiger partial charge in [-0.3, -0.25) is 15.0 Å². The minimum absolute atomic E-state index is 0.209. The Hall–Kier alpha value is -4.67. The summed E-state index contributed by atoms with van der Waals surface area (Å²) in [7, 11) is 0. The van der Waals surface area contributed by atoms with E-state index in [2.05, 4.69) is 115 Å². The van der Waals surface area contributed by atoms with Crippen molar-refractivity contribution in [3.05, 3.63) is 144 Å². The molecule has 1 aromatic heterocycles. The Bertz CT molecular complexity index is 1960. The summed E-state index contributed by atoms with van der Waals surface area (Å²) in [5, 5.41) is 4.99. The molecule has 234 valence electrons. The third-order valence-corrected chi connectivity index (χ3v) is 10.5. The molecule has 0 fully saturated rings. The van der Waals surface area contributed by atoms with E-state index in [1.807, 2.05) is 12.3 Å². The standard InChI is InChI=1S/C43H42N4/c1-2-11-33(45-28-40-37-19-9-8-18-36(37)39-22-20-31-15-6-7-17-35(31)42(39)47-40)16-10-12-29-26-32-21-23-38-34(30-13-4-3-5-14-30)24-25-44-43(38)41(32)46-27-29/h2-7,9-10,13-17,19,21,23-25,27,29,33,36,39,45H,1,8,11-12,18,20,22,26,28H2/b16-10+. The highest BCUT2D eigenvalue weighted by Gasteiger charge is 2.37. The van der Waals surface area contributed by atoms with E-state index in [9.17, 15) is 0 Å². The largest absolute Gasteiger partial charge is 0.305 e. The maximum absolute atomic E-state index is 5.39. The highest BCUT2D eigenvalue weighted by Crippen LogP contribution is 2.43. The van der Waals surface area contributed by atoms with Crippen LogP contribution in [0.3, 0.4) is 0 Å². The predicted octanol–water partition coefficient (Wildman–Crippen LogP) is 9.54. The monoisotopic (exact) mass is 614 g/mol. The second-order valence-corrected chi connectivity index (χ2v) is 13.4. The lowest BCUT2D eigenvalue weighted by molar-refractivity contribution is 0.407. The van der Waals surface area contributed by atoms with E-state index in [4.69, 9.17) is 15.0 Å². The van der Waals surface area contributed by atoms with Crippen LogP contribution in [0.5, 0.6) is 0 Å². The van der Waals surface area contributed by atoms with Gasteiger partial charge in [0.1, 0.15) is 0 Å². The van der Waals surface area contributed by atoms with Gasteiger partial charge in [-0.1, -0.05) is 97.1 Å². The summed E-state index contributed by atoms with van der Waals surface area (Å²) in [6, 6.07) is 26.2. The Balaban J connectivity index is 0.965. The number of aromatic nitrogens is 1. The van der Waals surface area contributed by atoms with Gasteiger partial charge in [-0.05, 0) is 90.3 Å². The molecule has 2 aliphatic heterocycles. The van der Waals surface area contributed by atoms with Crippen molar-refractivity contribution >= 4 is 28.5 Å². The number of fused-ring (bicyclic) bond motifs is 8. The van der Waals surface area contributed by atoms with Gasteiger partial charge in [0.25, 0.3) is 0 Å². The summed E-state index contributed by atoms with van der Waals surface area (Å²) >= 11 is 0. The molecule has 4 heteroatoms. The van der Waals surface area contributed by atoms with Crippen LogP contribution in [0.2, 0.25) is 0 Å². The van der Waals surface area contributed by atoms with Crippen LogP contribution < -0.4 is 5.32 Å². The number of pyridine rings is 1. The second kappa shape index (κ2) is 13.2. The Labute approximate surface area is 278 Å². The summed E-state index contributed by atoms with van der Waals surface area (Å²) in [6.07, 6.45) is 23.0. The Kier molecular flexibility index (Phi) is 8.35. The number of nitrogens with one attached hydrogen (secondary N) is 1. The molecule has 1 N–H and O–H groups in total. The van der Waals surface area contributed by atoms with Crippen LogP contribution in [0.1, 0.15) is 48.8 Å². The minimum atomic E-state index is 0.209. The molecule has 47 heavy (non-hydrogen) atoms. The van der Waals surface area contributed by atoms with Gasteiger partial charge in [0.05, 0.1) is 22.6 Å². The summed E-state index contributed by atoms with van der Waals surface area (Å²) in [5.74, 6) is 1.49. The molecule has 0 radical (unpaired) electrons. The molecule has 0 saturated heterocycles. The number of aryl methyl sites for hydroxylation is 1. The Morgan fingerprint density at radius 2 is 1.81 bits per heavy atom. The van der Waals surface area contributed by atoms with Crippen LogP contribution in [0.25, 0.3) is 22.0 Å². The number of benzene rings is 3. The number of nitrogens with zero attached hydrogens (tertiary/aromatic N) is 3. The second-order valence-electron chi connectivity index (χ2n) is 13.4. The van der Waals surface area contributed by atoms with Gasteiger partial charge >= 0.3 is 0 Å². The first-order valence-corrected chi connectivity index (χ1v) is 17.3. The van der Waals surface area contributed by atoms with Crippen molar-refractivity contribution in [2.75, 3.05) is 6.54 Å². The quantitative estimate of drug-likeness (QED) is 0.191. The topological polar surface area (TPSA) is 49.6 Å². The van der Waals surface area contributed by atoms with Crippen molar-refractivity contribution in [3.63, 3.8) is 0 Å². The first-order valence-electron chi connectivity index (χ1n) is 17.3. The molecule has 8 rings (SSSR count). The summed E-state index contributed by atoms with van der Waals surface area (Å²) < 4.78 is 0. The summed E-state index contributed by atoms with van der Waals surface area (Å²) in [4.78, 5) is 15.1. The molecule has 4 unspecified atom stereocenters. The SMILES string of the molecule is C=CCC(/C=C/CC1C=Nc2c(ccc3c(-c4ccccc4)ccnc23)C1)NCC1=C2C=CCCC2C2CCc3ccccc3C2=N1. The first-order chi connectivity index (χ1) is 23.3. The van der Waals surface area contributed by atoms with E-state index in [1.54, 1.807) is 0 Å². The molecule has 0 amide bonds. The average Bonchev–Trinajstić information content (AvgIpc) is 3.13. The molecule has 3 aromatic carbocycles. The van der Waals surface area contributed by atoms with Crippen molar-refractivity contribution in [1.82, 2.24) is 10.3 Å². The van der Waals surface area contributed by atoms with Crippen LogP contribution in [0.15, 0.2) is 137 Å². The molecule has 0 saturated carbocycles. The molecule has 4 aromatic rings. The predicted molar refractivity (Wildman–Crippen MR) is 197 cm³/mol. The Morgan fingerprint density at radius 3 is 2.72 bits per heavy atom. The van der Waals surface area contributed by atoms with E-state index in [-0.39, 0.29) is 6.04 Å².